The molecule has 1 fully saturated rings. The Kier molecular flexibility index (Phi) is 6.85. The lowest BCUT2D eigenvalue weighted by molar-refractivity contribution is -0.914. The molecule has 0 unspecified atom stereocenters. The third-order valence-corrected chi connectivity index (χ3v) is 5.90. The first kappa shape index (κ1) is 20.9. The van der Waals surface area contributed by atoms with Gasteiger partial charge < -0.3 is 19.9 Å². The molecule has 3 aromatic rings. The zero-order chi connectivity index (χ0) is 21.5. The van der Waals surface area contributed by atoms with Crippen LogP contribution in [-0.2, 0) is 11.4 Å². The second kappa shape index (κ2) is 10.1. The van der Waals surface area contributed by atoms with E-state index in [0.717, 1.165) is 43.2 Å². The summed E-state index contributed by atoms with van der Waals surface area (Å²) in [6, 6.07) is 28.1. The van der Waals surface area contributed by atoms with Crippen LogP contribution in [0.3, 0.4) is 0 Å². The van der Waals surface area contributed by atoms with Gasteiger partial charge in [-0.25, -0.2) is 0 Å². The highest BCUT2D eigenvalue weighted by atomic mass is 16.5. The molecule has 0 aliphatic carbocycles. The lowest BCUT2D eigenvalue weighted by Gasteiger charge is -2.36. The van der Waals surface area contributed by atoms with Crippen LogP contribution in [0.25, 0.3) is 0 Å². The Bertz CT molecular complexity index is 953. The molecule has 1 aliphatic heterocycles. The fourth-order valence-electron chi connectivity index (χ4n) is 3.94. The largest absolute Gasteiger partial charge is 0.489 e. The highest BCUT2D eigenvalue weighted by Crippen LogP contribution is 2.17. The molecule has 5 nitrogen and oxygen atoms in total. The van der Waals surface area contributed by atoms with Crippen molar-refractivity contribution in [2.75, 3.05) is 36.4 Å². The summed E-state index contributed by atoms with van der Waals surface area (Å²) in [7, 11) is 0. The molecule has 1 amide bonds. The van der Waals surface area contributed by atoms with Gasteiger partial charge in [0.15, 0.2) is 6.04 Å². The maximum absolute atomic E-state index is 12.8. The minimum Gasteiger partial charge on any atom is -0.489 e. The van der Waals surface area contributed by atoms with Gasteiger partial charge in [0.1, 0.15) is 12.4 Å². The quantitative estimate of drug-likeness (QED) is 0.623. The second-order valence-electron chi connectivity index (χ2n) is 7.99. The van der Waals surface area contributed by atoms with Crippen LogP contribution in [0.5, 0.6) is 5.75 Å². The minimum atomic E-state index is -0.0908. The van der Waals surface area contributed by atoms with Gasteiger partial charge in [0.25, 0.3) is 5.91 Å². The number of benzene rings is 3. The van der Waals surface area contributed by atoms with Gasteiger partial charge in [0.05, 0.1) is 26.2 Å². The van der Waals surface area contributed by atoms with E-state index in [1.54, 1.807) is 0 Å². The zero-order valence-electron chi connectivity index (χ0n) is 18.0. The average Bonchev–Trinajstić information content (AvgIpc) is 2.84. The molecule has 5 heteroatoms. The molecule has 3 aromatic carbocycles. The number of nitrogens with zero attached hydrogens (tertiary/aromatic N) is 1. The normalized spacial score (nSPS) is 15.3. The maximum Gasteiger partial charge on any atom is 0.282 e. The van der Waals surface area contributed by atoms with Gasteiger partial charge in [-0.05, 0) is 48.9 Å². The Morgan fingerprint density at radius 1 is 0.935 bits per heavy atom. The summed E-state index contributed by atoms with van der Waals surface area (Å²) >= 11 is 0. The number of para-hydroxylation sites is 1. The highest BCUT2D eigenvalue weighted by molar-refractivity contribution is 5.93. The lowest BCUT2D eigenvalue weighted by Crippen LogP contribution is -3.19. The third kappa shape index (κ3) is 5.64. The predicted molar refractivity (Wildman–Crippen MR) is 125 cm³/mol. The molecule has 0 bridgehead atoms. The molecule has 1 atom stereocenters. The van der Waals surface area contributed by atoms with Gasteiger partial charge in [-0.2, -0.15) is 0 Å². The highest BCUT2D eigenvalue weighted by Gasteiger charge is 2.29. The van der Waals surface area contributed by atoms with E-state index in [1.807, 2.05) is 67.6 Å². The van der Waals surface area contributed by atoms with Crippen LogP contribution in [0, 0.1) is 0 Å². The van der Waals surface area contributed by atoms with E-state index in [2.05, 4.69) is 34.5 Å². The van der Waals surface area contributed by atoms with Crippen molar-refractivity contribution in [2.24, 2.45) is 0 Å². The summed E-state index contributed by atoms with van der Waals surface area (Å²) in [6.07, 6.45) is 0. The molecular formula is C26H30N3O2+. The summed E-state index contributed by atoms with van der Waals surface area (Å²) in [5.74, 6) is 0.846. The first-order chi connectivity index (χ1) is 15.2. The van der Waals surface area contributed by atoms with Gasteiger partial charge in [-0.15, -0.1) is 0 Å². The number of rotatable bonds is 7. The number of anilines is 2. The van der Waals surface area contributed by atoms with Crippen LogP contribution in [0.15, 0.2) is 84.9 Å². The maximum atomic E-state index is 12.8. The van der Waals surface area contributed by atoms with Crippen LogP contribution in [0.4, 0.5) is 11.4 Å². The molecule has 160 valence electrons. The molecule has 0 saturated carbocycles. The van der Waals surface area contributed by atoms with Gasteiger partial charge in [-0.3, -0.25) is 4.79 Å². The molecule has 0 aromatic heterocycles. The lowest BCUT2D eigenvalue weighted by atomic mass is 10.2. The van der Waals surface area contributed by atoms with E-state index >= 15 is 0 Å². The van der Waals surface area contributed by atoms with Gasteiger partial charge >= 0.3 is 0 Å². The molecule has 1 heterocycles. The fourth-order valence-corrected chi connectivity index (χ4v) is 3.94. The predicted octanol–water partition coefficient (Wildman–Crippen LogP) is 3.00. The van der Waals surface area contributed by atoms with Crippen LogP contribution >= 0.6 is 0 Å². The molecule has 31 heavy (non-hydrogen) atoms. The van der Waals surface area contributed by atoms with Gasteiger partial charge in [0.2, 0.25) is 0 Å². The SMILES string of the molecule is C[C@H](C(=O)Nc1ccc(OCc2ccccc2)cc1)[NH+]1CCN(c2ccccc2)CC1. The van der Waals surface area contributed by atoms with Crippen molar-refractivity contribution in [3.05, 3.63) is 90.5 Å². The minimum absolute atomic E-state index is 0.0566. The van der Waals surface area contributed by atoms with Crippen LogP contribution in [0.1, 0.15) is 12.5 Å². The topological polar surface area (TPSA) is 46.0 Å². The monoisotopic (exact) mass is 416 g/mol. The average molecular weight is 417 g/mol. The van der Waals surface area contributed by atoms with Crippen molar-refractivity contribution in [1.29, 1.82) is 0 Å². The smallest absolute Gasteiger partial charge is 0.282 e. The summed E-state index contributed by atoms with van der Waals surface area (Å²) in [5.41, 5.74) is 3.18. The summed E-state index contributed by atoms with van der Waals surface area (Å²) in [4.78, 5) is 16.5. The number of hydrogen-bond donors (Lipinski definition) is 2. The zero-order valence-corrected chi connectivity index (χ0v) is 18.0. The van der Waals surface area contributed by atoms with Crippen molar-refractivity contribution >= 4 is 17.3 Å². The molecule has 0 radical (unpaired) electrons. The Morgan fingerprint density at radius 2 is 1.55 bits per heavy atom. The number of ether oxygens (including phenoxy) is 1. The van der Waals surface area contributed by atoms with Crippen LogP contribution in [-0.4, -0.2) is 38.1 Å². The molecule has 1 saturated heterocycles. The number of hydrogen-bond acceptors (Lipinski definition) is 3. The summed E-state index contributed by atoms with van der Waals surface area (Å²) in [6.45, 7) is 6.38. The number of quaternary nitrogens is 1. The number of nitrogens with one attached hydrogen (secondary N) is 2. The van der Waals surface area contributed by atoms with Crippen molar-refractivity contribution in [3.63, 3.8) is 0 Å². The van der Waals surface area contributed by atoms with Crippen molar-refractivity contribution < 1.29 is 14.4 Å². The molecule has 2 N–H and O–H groups in total. The number of piperazine rings is 1. The van der Waals surface area contributed by atoms with E-state index in [-0.39, 0.29) is 11.9 Å². The Morgan fingerprint density at radius 3 is 2.19 bits per heavy atom. The van der Waals surface area contributed by atoms with Crippen molar-refractivity contribution in [3.8, 4) is 5.75 Å². The molecule has 0 spiro atoms. The first-order valence-corrected chi connectivity index (χ1v) is 10.9. The van der Waals surface area contributed by atoms with E-state index in [9.17, 15) is 4.79 Å². The molecular weight excluding hydrogens is 386 g/mol. The molecule has 4 rings (SSSR count). The van der Waals surface area contributed by atoms with Crippen molar-refractivity contribution in [1.82, 2.24) is 0 Å². The van der Waals surface area contributed by atoms with Crippen LogP contribution in [0.2, 0.25) is 0 Å². The van der Waals surface area contributed by atoms with Gasteiger partial charge in [0, 0.05) is 11.4 Å². The van der Waals surface area contributed by atoms with Crippen LogP contribution < -0.4 is 19.9 Å². The summed E-state index contributed by atoms with van der Waals surface area (Å²) in [5, 5.41) is 3.05. The number of carbonyl (C=O) groups is 1. The Hall–Kier alpha value is -3.31. The number of carbonyl (C=O) groups excluding carboxylic acids is 1. The number of amides is 1. The van der Waals surface area contributed by atoms with E-state index in [0.29, 0.717) is 6.61 Å². The fraction of sp³-hybridized carbons (Fsp3) is 0.269. The van der Waals surface area contributed by atoms with E-state index in [1.165, 1.54) is 10.6 Å². The van der Waals surface area contributed by atoms with Gasteiger partial charge in [-0.1, -0.05) is 48.5 Å². The molecule has 1 aliphatic rings. The third-order valence-electron chi connectivity index (χ3n) is 5.90. The van der Waals surface area contributed by atoms with E-state index in [4.69, 9.17) is 4.74 Å². The Labute approximate surface area is 184 Å². The van der Waals surface area contributed by atoms with E-state index < -0.39 is 0 Å². The van der Waals surface area contributed by atoms with Crippen molar-refractivity contribution in [2.45, 2.75) is 19.6 Å². The Balaban J connectivity index is 1.25. The summed E-state index contributed by atoms with van der Waals surface area (Å²) < 4.78 is 5.82. The second-order valence-corrected chi connectivity index (χ2v) is 7.99. The standard InChI is InChI=1S/C26H29N3O2/c1-21(28-16-18-29(19-17-28)24-10-6-3-7-11-24)26(30)27-23-12-14-25(15-13-23)31-20-22-8-4-2-5-9-22/h2-15,21H,16-20H2,1H3,(H,27,30)/p+1/t21-/m1/s1. The first-order valence-electron chi connectivity index (χ1n) is 10.9.